The molecule has 0 aromatic heterocycles. The highest BCUT2D eigenvalue weighted by atomic mass is 19.1. The van der Waals surface area contributed by atoms with Crippen LogP contribution in [0.4, 0.5) is 10.1 Å². The van der Waals surface area contributed by atoms with Crippen LogP contribution < -0.4 is 5.32 Å². The first-order chi connectivity index (χ1) is 11.6. The van der Waals surface area contributed by atoms with Crippen LogP contribution in [0.1, 0.15) is 50.3 Å². The fraction of sp³-hybridized carbons (Fsp3) is 0.381. The third kappa shape index (κ3) is 4.44. The standard InChI is InChI=1S/C21H26FNO/c1-4-6-17-13-19(14-18-7-5-11-23-21(17)18)16(3)20(22)9-8-15(2)10-12-24/h8-10,12-14,23H,4-7,11H2,1-3H3/b9-8+,15-10+,20-16+. The average Bonchev–Trinajstić information content (AvgIpc) is 2.59. The van der Waals surface area contributed by atoms with Crippen molar-refractivity contribution >= 4 is 17.5 Å². The van der Waals surface area contributed by atoms with Crippen molar-refractivity contribution in [2.75, 3.05) is 11.9 Å². The quantitative estimate of drug-likeness (QED) is 0.430. The molecule has 1 aliphatic rings. The van der Waals surface area contributed by atoms with Crippen LogP contribution in [0.5, 0.6) is 0 Å². The van der Waals surface area contributed by atoms with Gasteiger partial charge in [0.2, 0.25) is 0 Å². The van der Waals surface area contributed by atoms with Gasteiger partial charge in [-0.05, 0) is 85.2 Å². The second-order valence-corrected chi connectivity index (χ2v) is 6.30. The molecule has 0 saturated carbocycles. The summed E-state index contributed by atoms with van der Waals surface area (Å²) in [5.41, 5.74) is 6.12. The number of aryl methyl sites for hydroxylation is 2. The van der Waals surface area contributed by atoms with E-state index in [1.807, 2.05) is 6.92 Å². The SMILES string of the molecule is CCCc1cc(\C(C)=C(F)/C=C/C(C)=C/C=O)cc2c1NCCC2. The molecule has 1 N–H and O–H groups in total. The van der Waals surface area contributed by atoms with E-state index in [2.05, 4.69) is 24.4 Å². The fourth-order valence-electron chi connectivity index (χ4n) is 3.00. The summed E-state index contributed by atoms with van der Waals surface area (Å²) in [6.07, 6.45) is 9.40. The summed E-state index contributed by atoms with van der Waals surface area (Å²) in [5, 5.41) is 3.50. The van der Waals surface area contributed by atoms with Crippen molar-refractivity contribution in [3.63, 3.8) is 0 Å². The normalized spacial score (nSPS) is 15.8. The number of allylic oxidation sites excluding steroid dienone is 6. The zero-order valence-corrected chi connectivity index (χ0v) is 14.8. The number of carbonyl (C=O) groups excluding carboxylic acids is 1. The van der Waals surface area contributed by atoms with Crippen LogP contribution in [0.3, 0.4) is 0 Å². The number of carbonyl (C=O) groups is 1. The number of rotatable bonds is 6. The first kappa shape index (κ1) is 18.2. The predicted octanol–water partition coefficient (Wildman–Crippen LogP) is 5.40. The molecule has 3 heteroatoms. The number of fused-ring (bicyclic) bond motifs is 1. The molecule has 0 unspecified atom stereocenters. The van der Waals surface area contributed by atoms with Gasteiger partial charge in [0, 0.05) is 12.2 Å². The Morgan fingerprint density at radius 2 is 2.08 bits per heavy atom. The lowest BCUT2D eigenvalue weighted by Gasteiger charge is -2.23. The first-order valence-electron chi connectivity index (χ1n) is 8.63. The number of nitrogens with one attached hydrogen (secondary N) is 1. The number of aldehydes is 1. The van der Waals surface area contributed by atoms with E-state index >= 15 is 0 Å². The average molecular weight is 327 g/mol. The Bertz CT molecular complexity index is 698. The number of hydrogen-bond acceptors (Lipinski definition) is 2. The molecule has 0 amide bonds. The molecule has 0 atom stereocenters. The van der Waals surface area contributed by atoms with E-state index in [-0.39, 0.29) is 5.83 Å². The summed E-state index contributed by atoms with van der Waals surface area (Å²) in [5.74, 6) is -0.264. The molecule has 128 valence electrons. The predicted molar refractivity (Wildman–Crippen MR) is 99.9 cm³/mol. The van der Waals surface area contributed by atoms with E-state index in [1.165, 1.54) is 29.0 Å². The molecule has 0 saturated heterocycles. The summed E-state index contributed by atoms with van der Waals surface area (Å²) in [6.45, 7) is 6.76. The van der Waals surface area contributed by atoms with E-state index in [9.17, 15) is 9.18 Å². The Balaban J connectivity index is 2.39. The van der Waals surface area contributed by atoms with Crippen LogP contribution >= 0.6 is 0 Å². The molecule has 1 aromatic carbocycles. The molecule has 1 aliphatic heterocycles. The lowest BCUT2D eigenvalue weighted by atomic mass is 9.92. The van der Waals surface area contributed by atoms with Crippen LogP contribution in [0.2, 0.25) is 0 Å². The molecular weight excluding hydrogens is 301 g/mol. The molecule has 1 aromatic rings. The maximum Gasteiger partial charge on any atom is 0.143 e. The van der Waals surface area contributed by atoms with Gasteiger partial charge < -0.3 is 5.32 Å². The van der Waals surface area contributed by atoms with Crippen LogP contribution in [0, 0.1) is 0 Å². The zero-order valence-electron chi connectivity index (χ0n) is 14.8. The Morgan fingerprint density at radius 1 is 1.29 bits per heavy atom. The van der Waals surface area contributed by atoms with Crippen LogP contribution in [0.25, 0.3) is 5.57 Å². The largest absolute Gasteiger partial charge is 0.385 e. The zero-order chi connectivity index (χ0) is 17.5. The van der Waals surface area contributed by atoms with Crippen molar-refractivity contribution in [3.05, 3.63) is 58.5 Å². The Hall–Kier alpha value is -2.16. The minimum Gasteiger partial charge on any atom is -0.385 e. The summed E-state index contributed by atoms with van der Waals surface area (Å²) in [7, 11) is 0. The second-order valence-electron chi connectivity index (χ2n) is 6.30. The van der Waals surface area contributed by atoms with Gasteiger partial charge in [0.1, 0.15) is 12.1 Å². The summed E-state index contributed by atoms with van der Waals surface area (Å²) >= 11 is 0. The maximum absolute atomic E-state index is 14.5. The van der Waals surface area contributed by atoms with Gasteiger partial charge in [-0.1, -0.05) is 19.4 Å². The van der Waals surface area contributed by atoms with Gasteiger partial charge >= 0.3 is 0 Å². The number of anilines is 1. The maximum atomic E-state index is 14.5. The molecule has 0 fully saturated rings. The minimum atomic E-state index is -0.264. The van der Waals surface area contributed by atoms with Gasteiger partial charge in [0.05, 0.1) is 0 Å². The minimum absolute atomic E-state index is 0.264. The first-order valence-corrected chi connectivity index (χ1v) is 8.63. The smallest absolute Gasteiger partial charge is 0.143 e. The number of halogens is 1. The van der Waals surface area contributed by atoms with Crippen molar-refractivity contribution in [3.8, 4) is 0 Å². The highest BCUT2D eigenvalue weighted by Crippen LogP contribution is 2.32. The van der Waals surface area contributed by atoms with Crippen molar-refractivity contribution in [1.29, 1.82) is 0 Å². The summed E-state index contributed by atoms with van der Waals surface area (Å²) in [4.78, 5) is 10.4. The Morgan fingerprint density at radius 3 is 2.79 bits per heavy atom. The van der Waals surface area contributed by atoms with Crippen molar-refractivity contribution in [2.24, 2.45) is 0 Å². The Kier molecular flexibility index (Phi) is 6.53. The van der Waals surface area contributed by atoms with Crippen LogP contribution in [-0.4, -0.2) is 12.8 Å². The molecule has 0 spiro atoms. The van der Waals surface area contributed by atoms with E-state index in [0.717, 1.165) is 43.4 Å². The van der Waals surface area contributed by atoms with Gasteiger partial charge in [0.15, 0.2) is 0 Å². The van der Waals surface area contributed by atoms with Gasteiger partial charge in [0.25, 0.3) is 0 Å². The summed E-state index contributed by atoms with van der Waals surface area (Å²) < 4.78 is 14.5. The van der Waals surface area contributed by atoms with E-state index in [1.54, 1.807) is 13.0 Å². The van der Waals surface area contributed by atoms with Gasteiger partial charge in [-0.3, -0.25) is 4.79 Å². The fourth-order valence-corrected chi connectivity index (χ4v) is 3.00. The van der Waals surface area contributed by atoms with Crippen LogP contribution in [-0.2, 0) is 17.6 Å². The summed E-state index contributed by atoms with van der Waals surface area (Å²) in [6, 6.07) is 4.22. The van der Waals surface area contributed by atoms with Gasteiger partial charge in [-0.25, -0.2) is 4.39 Å². The lowest BCUT2D eigenvalue weighted by molar-refractivity contribution is -0.104. The number of hydrogen-bond donors (Lipinski definition) is 1. The third-order valence-corrected chi connectivity index (χ3v) is 4.36. The topological polar surface area (TPSA) is 29.1 Å². The van der Waals surface area contributed by atoms with Crippen molar-refractivity contribution < 1.29 is 9.18 Å². The molecule has 0 bridgehead atoms. The van der Waals surface area contributed by atoms with Crippen molar-refractivity contribution in [1.82, 2.24) is 0 Å². The van der Waals surface area contributed by atoms with Crippen molar-refractivity contribution in [2.45, 2.75) is 46.5 Å². The Labute approximate surface area is 144 Å². The molecule has 1 heterocycles. The molecule has 24 heavy (non-hydrogen) atoms. The molecule has 0 radical (unpaired) electrons. The van der Waals surface area contributed by atoms with E-state index in [0.29, 0.717) is 11.9 Å². The molecule has 2 nitrogen and oxygen atoms in total. The number of benzene rings is 1. The lowest BCUT2D eigenvalue weighted by Crippen LogP contribution is -2.14. The monoisotopic (exact) mass is 327 g/mol. The highest BCUT2D eigenvalue weighted by Gasteiger charge is 2.15. The van der Waals surface area contributed by atoms with E-state index in [4.69, 9.17) is 0 Å². The highest BCUT2D eigenvalue weighted by molar-refractivity contribution is 5.73. The van der Waals surface area contributed by atoms with Crippen LogP contribution in [0.15, 0.2) is 41.8 Å². The molecule has 2 rings (SSSR count). The molecule has 0 aliphatic carbocycles. The molecular formula is C21H26FNO. The second kappa shape index (κ2) is 8.62. The van der Waals surface area contributed by atoms with Gasteiger partial charge in [-0.2, -0.15) is 0 Å². The third-order valence-electron chi connectivity index (χ3n) is 4.36. The van der Waals surface area contributed by atoms with Gasteiger partial charge in [-0.15, -0.1) is 0 Å². The van der Waals surface area contributed by atoms with E-state index < -0.39 is 0 Å².